The highest BCUT2D eigenvalue weighted by molar-refractivity contribution is 5.68. The van der Waals surface area contributed by atoms with Gasteiger partial charge in [-0.1, -0.05) is 30.3 Å². The van der Waals surface area contributed by atoms with E-state index in [1.54, 1.807) is 4.90 Å². The summed E-state index contributed by atoms with van der Waals surface area (Å²) in [7, 11) is 0. The third-order valence-corrected chi connectivity index (χ3v) is 5.41. The fourth-order valence-electron chi connectivity index (χ4n) is 3.84. The van der Waals surface area contributed by atoms with E-state index in [0.29, 0.717) is 39.1 Å². The largest absolute Gasteiger partial charge is 0.445 e. The Balaban J connectivity index is 1.43. The Morgan fingerprint density at radius 3 is 2.27 bits per heavy atom. The standard InChI is InChI=1S/C22H32FN3O4/c1-22(2,3)30-21(28)25-13-11-24(12-14-25)19-9-10-26(15-18(19)23)20(27)29-16-17-7-5-4-6-8-17/h4-8,18-19H,9-16H2,1-3H3. The molecule has 2 heterocycles. The molecule has 0 aromatic heterocycles. The first-order valence-corrected chi connectivity index (χ1v) is 10.5. The van der Waals surface area contributed by atoms with Crippen LogP contribution in [0.2, 0.25) is 0 Å². The second kappa shape index (κ2) is 9.64. The normalized spacial score (nSPS) is 23.2. The van der Waals surface area contributed by atoms with E-state index in [9.17, 15) is 14.0 Å². The van der Waals surface area contributed by atoms with Crippen molar-refractivity contribution in [2.75, 3.05) is 39.3 Å². The lowest BCUT2D eigenvalue weighted by atomic mass is 10.0. The number of halogens is 1. The first kappa shape index (κ1) is 22.3. The van der Waals surface area contributed by atoms with Crippen molar-refractivity contribution in [1.82, 2.24) is 14.7 Å². The zero-order valence-electron chi connectivity index (χ0n) is 18.1. The van der Waals surface area contributed by atoms with Crippen LogP contribution in [0.5, 0.6) is 0 Å². The first-order chi connectivity index (χ1) is 14.2. The van der Waals surface area contributed by atoms with Gasteiger partial charge in [-0.2, -0.15) is 0 Å². The molecule has 2 fully saturated rings. The van der Waals surface area contributed by atoms with Crippen LogP contribution >= 0.6 is 0 Å². The molecule has 0 radical (unpaired) electrons. The van der Waals surface area contributed by atoms with Crippen LogP contribution in [0.15, 0.2) is 30.3 Å². The topological polar surface area (TPSA) is 62.3 Å². The van der Waals surface area contributed by atoms with Gasteiger partial charge in [-0.3, -0.25) is 4.90 Å². The van der Waals surface area contributed by atoms with E-state index in [0.717, 1.165) is 5.56 Å². The Labute approximate surface area is 177 Å². The molecule has 1 aromatic rings. The van der Waals surface area contributed by atoms with E-state index >= 15 is 0 Å². The van der Waals surface area contributed by atoms with Gasteiger partial charge in [0.15, 0.2) is 0 Å². The summed E-state index contributed by atoms with van der Waals surface area (Å²) >= 11 is 0. The summed E-state index contributed by atoms with van der Waals surface area (Å²) in [6.45, 7) is 8.43. The van der Waals surface area contributed by atoms with Crippen molar-refractivity contribution in [3.05, 3.63) is 35.9 Å². The van der Waals surface area contributed by atoms with Gasteiger partial charge in [0.1, 0.15) is 18.4 Å². The predicted octanol–water partition coefficient (Wildman–Crippen LogP) is 3.29. The number of benzene rings is 1. The zero-order valence-corrected chi connectivity index (χ0v) is 18.1. The molecule has 30 heavy (non-hydrogen) atoms. The van der Waals surface area contributed by atoms with E-state index in [-0.39, 0.29) is 25.3 Å². The number of hydrogen-bond donors (Lipinski definition) is 0. The summed E-state index contributed by atoms with van der Waals surface area (Å²) in [5.74, 6) is 0. The third kappa shape index (κ3) is 6.08. The third-order valence-electron chi connectivity index (χ3n) is 5.41. The molecule has 0 N–H and O–H groups in total. The number of piperidine rings is 1. The number of rotatable bonds is 3. The van der Waals surface area contributed by atoms with Crippen LogP contribution in [-0.2, 0) is 16.1 Å². The van der Waals surface area contributed by atoms with E-state index < -0.39 is 17.9 Å². The molecule has 2 amide bonds. The zero-order chi connectivity index (χ0) is 21.7. The summed E-state index contributed by atoms with van der Waals surface area (Å²) in [6.07, 6.45) is -1.39. The van der Waals surface area contributed by atoms with Crippen molar-refractivity contribution in [3.8, 4) is 0 Å². The number of piperazine rings is 1. The minimum Gasteiger partial charge on any atom is -0.445 e. The maximum atomic E-state index is 14.9. The molecule has 7 nitrogen and oxygen atoms in total. The molecule has 2 aliphatic rings. The van der Waals surface area contributed by atoms with Crippen molar-refractivity contribution in [3.63, 3.8) is 0 Å². The molecule has 0 spiro atoms. The minimum atomic E-state index is -1.14. The van der Waals surface area contributed by atoms with Crippen LogP contribution in [0, 0.1) is 0 Å². The Hall–Kier alpha value is -2.35. The molecule has 3 rings (SSSR count). The summed E-state index contributed by atoms with van der Waals surface area (Å²) in [4.78, 5) is 29.7. The Morgan fingerprint density at radius 1 is 1.00 bits per heavy atom. The first-order valence-electron chi connectivity index (χ1n) is 10.5. The molecule has 2 unspecified atom stereocenters. The summed E-state index contributed by atoms with van der Waals surface area (Å²) in [5.41, 5.74) is 0.376. The van der Waals surface area contributed by atoms with Crippen LogP contribution < -0.4 is 0 Å². The molecular weight excluding hydrogens is 389 g/mol. The van der Waals surface area contributed by atoms with E-state index in [2.05, 4.69) is 4.90 Å². The quantitative estimate of drug-likeness (QED) is 0.750. The van der Waals surface area contributed by atoms with Gasteiger partial charge >= 0.3 is 12.2 Å². The van der Waals surface area contributed by atoms with Gasteiger partial charge < -0.3 is 19.3 Å². The van der Waals surface area contributed by atoms with Gasteiger partial charge in [0.05, 0.1) is 6.54 Å². The Bertz CT molecular complexity index is 717. The van der Waals surface area contributed by atoms with E-state index in [1.165, 1.54) is 4.90 Å². The van der Waals surface area contributed by atoms with Gasteiger partial charge in [0, 0.05) is 38.8 Å². The number of carbonyl (C=O) groups excluding carboxylic acids is 2. The van der Waals surface area contributed by atoms with Crippen LogP contribution in [0.3, 0.4) is 0 Å². The number of ether oxygens (including phenoxy) is 2. The number of alkyl halides is 1. The highest BCUT2D eigenvalue weighted by atomic mass is 19.1. The molecule has 2 saturated heterocycles. The molecule has 1 aromatic carbocycles. The molecule has 166 valence electrons. The number of amides is 2. The van der Waals surface area contributed by atoms with Crippen molar-refractivity contribution in [2.24, 2.45) is 0 Å². The lowest BCUT2D eigenvalue weighted by Gasteiger charge is -2.43. The highest BCUT2D eigenvalue weighted by Gasteiger charge is 2.37. The van der Waals surface area contributed by atoms with Crippen molar-refractivity contribution >= 4 is 12.2 Å². The molecule has 8 heteroatoms. The SMILES string of the molecule is CC(C)(C)OC(=O)N1CCN(C2CCN(C(=O)OCc3ccccc3)CC2F)CC1. The molecule has 2 aliphatic heterocycles. The van der Waals surface area contributed by atoms with Crippen LogP contribution in [-0.4, -0.2) is 84.0 Å². The lowest BCUT2D eigenvalue weighted by Crippen LogP contribution is -2.59. The van der Waals surface area contributed by atoms with Crippen LogP contribution in [0.1, 0.15) is 32.8 Å². The number of likely N-dealkylation sites (tertiary alicyclic amines) is 1. The predicted molar refractivity (Wildman–Crippen MR) is 111 cm³/mol. The smallest absolute Gasteiger partial charge is 0.410 e. The molecule has 2 atom stereocenters. The fraction of sp³-hybridized carbons (Fsp3) is 0.636. The van der Waals surface area contributed by atoms with Gasteiger partial charge in [0.2, 0.25) is 0 Å². The van der Waals surface area contributed by atoms with Crippen LogP contribution in [0.25, 0.3) is 0 Å². The Kier molecular flexibility index (Phi) is 7.18. The number of nitrogens with zero attached hydrogens (tertiary/aromatic N) is 3. The molecule has 0 bridgehead atoms. The average Bonchev–Trinajstić information content (AvgIpc) is 2.71. The maximum absolute atomic E-state index is 14.9. The second-order valence-electron chi connectivity index (χ2n) is 8.86. The summed E-state index contributed by atoms with van der Waals surface area (Å²) in [5, 5.41) is 0. The van der Waals surface area contributed by atoms with Crippen LogP contribution in [0.4, 0.5) is 14.0 Å². The monoisotopic (exact) mass is 421 g/mol. The summed E-state index contributed by atoms with van der Waals surface area (Å²) in [6, 6.07) is 9.19. The highest BCUT2D eigenvalue weighted by Crippen LogP contribution is 2.22. The fourth-order valence-corrected chi connectivity index (χ4v) is 3.84. The van der Waals surface area contributed by atoms with Gasteiger partial charge in [-0.15, -0.1) is 0 Å². The van der Waals surface area contributed by atoms with Gasteiger partial charge in [-0.05, 0) is 32.8 Å². The van der Waals surface area contributed by atoms with E-state index in [4.69, 9.17) is 9.47 Å². The average molecular weight is 422 g/mol. The lowest BCUT2D eigenvalue weighted by molar-refractivity contribution is -0.0106. The van der Waals surface area contributed by atoms with Crippen molar-refractivity contribution < 1.29 is 23.5 Å². The minimum absolute atomic E-state index is 0.0323. The van der Waals surface area contributed by atoms with E-state index in [1.807, 2.05) is 51.1 Å². The molecule has 0 aliphatic carbocycles. The molecular formula is C22H32FN3O4. The van der Waals surface area contributed by atoms with Gasteiger partial charge in [-0.25, -0.2) is 14.0 Å². The number of carbonyl (C=O) groups is 2. The number of hydrogen-bond acceptors (Lipinski definition) is 5. The van der Waals surface area contributed by atoms with Crippen molar-refractivity contribution in [2.45, 2.75) is 51.6 Å². The Morgan fingerprint density at radius 2 is 1.67 bits per heavy atom. The van der Waals surface area contributed by atoms with Crippen molar-refractivity contribution in [1.29, 1.82) is 0 Å². The summed E-state index contributed by atoms with van der Waals surface area (Å²) < 4.78 is 25.6. The van der Waals surface area contributed by atoms with Gasteiger partial charge in [0.25, 0.3) is 0 Å². The second-order valence-corrected chi connectivity index (χ2v) is 8.86. The molecule has 0 saturated carbocycles. The maximum Gasteiger partial charge on any atom is 0.410 e.